The molecule has 7 heteroatoms. The van der Waals surface area contributed by atoms with E-state index in [0.29, 0.717) is 35.2 Å². The van der Waals surface area contributed by atoms with Crippen LogP contribution in [-0.4, -0.2) is 19.9 Å². The molecule has 0 spiro atoms. The Morgan fingerprint density at radius 2 is 1.85 bits per heavy atom. The van der Waals surface area contributed by atoms with Gasteiger partial charge in [-0.1, -0.05) is 45.9 Å². The number of hydrogen-bond acceptors (Lipinski definition) is 4. The summed E-state index contributed by atoms with van der Waals surface area (Å²) in [5.41, 5.74) is 3.42. The number of nitrogens with zero attached hydrogens (tertiary/aromatic N) is 5. The van der Waals surface area contributed by atoms with Gasteiger partial charge in [0.2, 0.25) is 0 Å². The highest BCUT2D eigenvalue weighted by Crippen LogP contribution is 2.22. The van der Waals surface area contributed by atoms with E-state index in [4.69, 9.17) is 4.98 Å². The highest BCUT2D eigenvalue weighted by Gasteiger charge is 2.17. The first-order valence-corrected chi connectivity index (χ1v) is 11.3. The highest BCUT2D eigenvalue weighted by atomic mass is 16.1. The fourth-order valence-corrected chi connectivity index (χ4v) is 4.00. The predicted molar refractivity (Wildman–Crippen MR) is 132 cm³/mol. The molecule has 0 saturated carbocycles. The third kappa shape index (κ3) is 4.03. The Balaban J connectivity index is 2.00. The Bertz CT molecular complexity index is 1590. The van der Waals surface area contributed by atoms with E-state index in [9.17, 15) is 14.9 Å². The van der Waals surface area contributed by atoms with E-state index in [-0.39, 0.29) is 22.0 Å². The molecule has 0 aliphatic carbocycles. The normalized spacial score (nSPS) is 12.3. The average molecular weight is 454 g/mol. The third-order valence-corrected chi connectivity index (χ3v) is 5.88. The van der Waals surface area contributed by atoms with Gasteiger partial charge < -0.3 is 4.57 Å². The van der Waals surface area contributed by atoms with Crippen molar-refractivity contribution in [3.8, 4) is 6.07 Å². The number of amides is 1. The molecule has 1 aromatic carbocycles. The molecule has 4 rings (SSSR count). The van der Waals surface area contributed by atoms with E-state index >= 15 is 0 Å². The number of benzene rings is 1. The van der Waals surface area contributed by atoms with Crippen LogP contribution in [0.15, 0.2) is 58.4 Å². The summed E-state index contributed by atoms with van der Waals surface area (Å²) in [7, 11) is 0. The maximum atomic E-state index is 13.2. The van der Waals surface area contributed by atoms with Crippen LogP contribution in [0.2, 0.25) is 0 Å². The van der Waals surface area contributed by atoms with E-state index in [1.54, 1.807) is 29.0 Å². The van der Waals surface area contributed by atoms with Gasteiger partial charge in [-0.25, -0.2) is 4.98 Å². The van der Waals surface area contributed by atoms with Crippen molar-refractivity contribution >= 4 is 22.6 Å². The summed E-state index contributed by atoms with van der Waals surface area (Å²) in [6, 6.07) is 14.6. The van der Waals surface area contributed by atoms with Gasteiger partial charge in [-0.2, -0.15) is 10.3 Å². The fourth-order valence-electron chi connectivity index (χ4n) is 4.00. The Morgan fingerprint density at radius 1 is 1.15 bits per heavy atom. The highest BCUT2D eigenvalue weighted by molar-refractivity contribution is 5.95. The molecule has 172 valence electrons. The van der Waals surface area contributed by atoms with Crippen LogP contribution in [-0.2, 0) is 12.0 Å². The zero-order valence-electron chi connectivity index (χ0n) is 20.1. The lowest BCUT2D eigenvalue weighted by atomic mass is 9.87. The van der Waals surface area contributed by atoms with Crippen LogP contribution in [0, 0.1) is 18.3 Å². The summed E-state index contributed by atoms with van der Waals surface area (Å²) < 4.78 is 3.19. The van der Waals surface area contributed by atoms with Gasteiger partial charge in [0.1, 0.15) is 17.4 Å². The molecule has 34 heavy (non-hydrogen) atoms. The number of carbonyl (C=O) groups is 1. The molecular formula is C27H27N5O2. The minimum atomic E-state index is -0.449. The first-order valence-electron chi connectivity index (χ1n) is 11.3. The zero-order chi connectivity index (χ0) is 24.6. The summed E-state index contributed by atoms with van der Waals surface area (Å²) in [6.45, 7) is 10.6. The molecule has 0 aliphatic rings. The van der Waals surface area contributed by atoms with Crippen LogP contribution in [0.25, 0.3) is 16.7 Å². The number of aryl methyl sites for hydroxylation is 2. The van der Waals surface area contributed by atoms with Crippen LogP contribution in [0.1, 0.15) is 61.2 Å². The standard InChI is InChI=1S/C27H27N5O2/c1-6-13-31-23(30-25(33)18-9-11-20(12-10-18)27(3,4)5)19(16-28)15-21-24(31)29-22-17(2)8-7-14-32(22)26(21)34/h7-12,14-15H,6,13H2,1-5H3. The van der Waals surface area contributed by atoms with Crippen LogP contribution < -0.4 is 11.0 Å². The Kier molecular flexibility index (Phi) is 5.92. The van der Waals surface area contributed by atoms with Gasteiger partial charge in [0.25, 0.3) is 11.5 Å². The smallest absolute Gasteiger partial charge is 0.278 e. The summed E-state index contributed by atoms with van der Waals surface area (Å²) in [4.78, 5) is 35.4. The maximum Gasteiger partial charge on any atom is 0.278 e. The van der Waals surface area contributed by atoms with Gasteiger partial charge in [-0.3, -0.25) is 14.0 Å². The van der Waals surface area contributed by atoms with Crippen molar-refractivity contribution in [3.63, 3.8) is 0 Å². The van der Waals surface area contributed by atoms with Crippen molar-refractivity contribution in [2.75, 3.05) is 0 Å². The summed E-state index contributed by atoms with van der Waals surface area (Å²) in [5, 5.41) is 10.2. The minimum absolute atomic E-state index is 0.0319. The van der Waals surface area contributed by atoms with Crippen molar-refractivity contribution in [1.29, 1.82) is 5.26 Å². The quantitative estimate of drug-likeness (QED) is 0.433. The van der Waals surface area contributed by atoms with Crippen molar-refractivity contribution in [1.82, 2.24) is 14.0 Å². The molecule has 4 aromatic rings. The Hall–Kier alpha value is -4.05. The van der Waals surface area contributed by atoms with Gasteiger partial charge in [0.15, 0.2) is 5.49 Å². The molecule has 0 N–H and O–H groups in total. The number of carbonyl (C=O) groups excluding carboxylic acids is 1. The summed E-state index contributed by atoms with van der Waals surface area (Å²) in [5.74, 6) is -0.449. The first-order chi connectivity index (χ1) is 16.2. The zero-order valence-corrected chi connectivity index (χ0v) is 20.1. The topological polar surface area (TPSA) is 92.5 Å². The van der Waals surface area contributed by atoms with Crippen molar-refractivity contribution in [3.05, 3.63) is 86.8 Å². The molecule has 0 atom stereocenters. The van der Waals surface area contributed by atoms with Crippen LogP contribution in [0.4, 0.5) is 0 Å². The van der Waals surface area contributed by atoms with Gasteiger partial charge in [0.05, 0.1) is 10.9 Å². The summed E-state index contributed by atoms with van der Waals surface area (Å²) >= 11 is 0. The van der Waals surface area contributed by atoms with Crippen molar-refractivity contribution < 1.29 is 4.79 Å². The molecule has 0 radical (unpaired) electrons. The van der Waals surface area contributed by atoms with E-state index < -0.39 is 5.91 Å². The lowest BCUT2D eigenvalue weighted by Gasteiger charge is -2.18. The molecular weight excluding hydrogens is 426 g/mol. The second kappa shape index (κ2) is 8.71. The number of rotatable bonds is 3. The van der Waals surface area contributed by atoms with Gasteiger partial charge in [-0.05, 0) is 54.2 Å². The molecule has 0 unspecified atom stereocenters. The Labute approximate surface area is 197 Å². The molecule has 3 aromatic heterocycles. The lowest BCUT2D eigenvalue weighted by Crippen LogP contribution is -2.29. The fraction of sp³-hybridized carbons (Fsp3) is 0.296. The first kappa shape index (κ1) is 23.1. The second-order valence-corrected chi connectivity index (χ2v) is 9.43. The molecule has 0 saturated heterocycles. The van der Waals surface area contributed by atoms with Gasteiger partial charge in [-0.15, -0.1) is 0 Å². The molecule has 0 bridgehead atoms. The van der Waals surface area contributed by atoms with Gasteiger partial charge in [0, 0.05) is 18.3 Å². The Morgan fingerprint density at radius 3 is 2.47 bits per heavy atom. The number of hydrogen-bond donors (Lipinski definition) is 0. The monoisotopic (exact) mass is 453 g/mol. The van der Waals surface area contributed by atoms with Crippen LogP contribution in [0.3, 0.4) is 0 Å². The predicted octanol–water partition coefficient (Wildman–Crippen LogP) is 4.28. The molecule has 3 heterocycles. The number of pyridine rings is 2. The maximum absolute atomic E-state index is 13.2. The largest absolute Gasteiger partial charge is 0.309 e. The van der Waals surface area contributed by atoms with E-state index in [1.165, 1.54) is 10.5 Å². The van der Waals surface area contributed by atoms with E-state index in [0.717, 1.165) is 11.1 Å². The average Bonchev–Trinajstić information content (AvgIpc) is 2.81. The van der Waals surface area contributed by atoms with Crippen LogP contribution in [0.5, 0.6) is 0 Å². The SMILES string of the molecule is CCCn1c(=NC(=O)c2ccc(C(C)(C)C)cc2)c(C#N)cc2c(=O)n3cccc(C)c3nc21. The lowest BCUT2D eigenvalue weighted by molar-refractivity contribution is 0.0997. The van der Waals surface area contributed by atoms with Crippen molar-refractivity contribution in [2.24, 2.45) is 4.99 Å². The second-order valence-electron chi connectivity index (χ2n) is 9.43. The number of nitriles is 1. The number of fused-ring (bicyclic) bond motifs is 2. The van der Waals surface area contributed by atoms with E-state index in [2.05, 4.69) is 31.8 Å². The molecule has 1 amide bonds. The molecule has 0 aliphatic heterocycles. The van der Waals surface area contributed by atoms with Crippen LogP contribution >= 0.6 is 0 Å². The molecule has 7 nitrogen and oxygen atoms in total. The van der Waals surface area contributed by atoms with Crippen molar-refractivity contribution in [2.45, 2.75) is 53.0 Å². The van der Waals surface area contributed by atoms with E-state index in [1.807, 2.05) is 32.0 Å². The third-order valence-electron chi connectivity index (χ3n) is 5.88. The molecule has 0 fully saturated rings. The van der Waals surface area contributed by atoms with Gasteiger partial charge >= 0.3 is 0 Å². The summed E-state index contributed by atoms with van der Waals surface area (Å²) in [6.07, 6.45) is 2.37. The minimum Gasteiger partial charge on any atom is -0.309 e. The number of aromatic nitrogens is 3.